The molecule has 1 saturated heterocycles. The minimum absolute atomic E-state index is 0.104. The number of pyridine rings is 1. The quantitative estimate of drug-likeness (QED) is 0.736. The number of primary amides is 1. The Morgan fingerprint density at radius 2 is 2.20 bits per heavy atom. The third-order valence-electron chi connectivity index (χ3n) is 3.16. The molecule has 108 valence electrons. The number of amides is 2. The minimum Gasteiger partial charge on any atom is -0.365 e. The summed E-state index contributed by atoms with van der Waals surface area (Å²) in [5.41, 5.74) is 5.90. The summed E-state index contributed by atoms with van der Waals surface area (Å²) >= 11 is 0. The molecule has 2 amide bonds. The molecule has 0 aliphatic carbocycles. The molecule has 0 radical (unpaired) electrons. The van der Waals surface area contributed by atoms with Crippen LogP contribution in [-0.4, -0.2) is 31.1 Å². The zero-order valence-electron chi connectivity index (χ0n) is 11.5. The topological polar surface area (TPSA) is 94.5 Å². The van der Waals surface area contributed by atoms with E-state index in [0.29, 0.717) is 12.1 Å². The molecule has 20 heavy (non-hydrogen) atoms. The second-order valence-electron chi connectivity index (χ2n) is 4.68. The van der Waals surface area contributed by atoms with E-state index in [2.05, 4.69) is 5.32 Å². The van der Waals surface area contributed by atoms with E-state index in [1.54, 1.807) is 6.07 Å². The van der Waals surface area contributed by atoms with E-state index >= 15 is 0 Å². The molecule has 2 atom stereocenters. The summed E-state index contributed by atoms with van der Waals surface area (Å²) in [6.45, 7) is 1.94. The monoisotopic (exact) mass is 280 g/mol. The van der Waals surface area contributed by atoms with Gasteiger partial charge in [-0.1, -0.05) is 0 Å². The smallest absolute Gasteiger partial charge is 0.321 e. The van der Waals surface area contributed by atoms with Crippen LogP contribution in [0.4, 0.5) is 5.69 Å². The van der Waals surface area contributed by atoms with Crippen molar-refractivity contribution < 1.29 is 23.9 Å². The summed E-state index contributed by atoms with van der Waals surface area (Å²) in [6.07, 6.45) is 2.73. The SMILES string of the molecule is CO[n+]1cc(NC(=O)[C@H]2CCC(C)O2)ccc1C(N)=O. The lowest BCUT2D eigenvalue weighted by molar-refractivity contribution is -0.886. The lowest BCUT2D eigenvalue weighted by atomic mass is 10.2. The van der Waals surface area contributed by atoms with Gasteiger partial charge in [0.1, 0.15) is 18.9 Å². The third kappa shape index (κ3) is 3.05. The van der Waals surface area contributed by atoms with E-state index < -0.39 is 12.0 Å². The highest BCUT2D eigenvalue weighted by Crippen LogP contribution is 2.20. The number of carbonyl (C=O) groups is 2. The van der Waals surface area contributed by atoms with Gasteiger partial charge < -0.3 is 15.8 Å². The molecule has 1 aromatic heterocycles. The van der Waals surface area contributed by atoms with Crippen LogP contribution in [0.2, 0.25) is 0 Å². The normalized spacial score (nSPS) is 21.5. The Kier molecular flexibility index (Phi) is 4.19. The number of anilines is 1. The Hall–Kier alpha value is -2.15. The highest BCUT2D eigenvalue weighted by molar-refractivity contribution is 5.94. The van der Waals surface area contributed by atoms with Gasteiger partial charge in [-0.25, -0.2) is 0 Å². The number of nitrogens with zero attached hydrogens (tertiary/aromatic N) is 1. The maximum atomic E-state index is 12.0. The number of hydrogen-bond acceptors (Lipinski definition) is 4. The van der Waals surface area contributed by atoms with E-state index in [1.165, 1.54) is 24.1 Å². The van der Waals surface area contributed by atoms with Gasteiger partial charge in [0.2, 0.25) is 6.20 Å². The van der Waals surface area contributed by atoms with E-state index in [4.69, 9.17) is 15.3 Å². The average molecular weight is 280 g/mol. The molecular formula is C13H18N3O4+. The summed E-state index contributed by atoms with van der Waals surface area (Å²) in [5, 5.41) is 2.73. The van der Waals surface area contributed by atoms with Crippen molar-refractivity contribution in [2.45, 2.75) is 32.0 Å². The molecule has 1 aliphatic heterocycles. The standard InChI is InChI=1S/C13H17N3O4/c1-8-3-6-11(20-8)13(18)15-9-4-5-10(12(14)17)16(7-9)19-2/h4-5,7-8,11H,3,6H2,1-2H3,(H2-,14,15,17,18)/p+1/t8?,11-/m1/s1. The first-order valence-electron chi connectivity index (χ1n) is 6.37. The number of nitrogens with two attached hydrogens (primary N) is 1. The summed E-state index contributed by atoms with van der Waals surface area (Å²) in [4.78, 5) is 28.2. The molecule has 2 heterocycles. The number of carbonyl (C=O) groups excluding carboxylic acids is 2. The summed E-state index contributed by atoms with van der Waals surface area (Å²) in [7, 11) is 1.40. The molecule has 0 aromatic carbocycles. The molecule has 7 heteroatoms. The minimum atomic E-state index is -0.613. The highest BCUT2D eigenvalue weighted by atomic mass is 16.6. The van der Waals surface area contributed by atoms with Crippen molar-refractivity contribution in [2.75, 3.05) is 12.4 Å². The Morgan fingerprint density at radius 1 is 1.45 bits per heavy atom. The molecule has 7 nitrogen and oxygen atoms in total. The number of aromatic nitrogens is 1. The molecule has 0 bridgehead atoms. The summed E-state index contributed by atoms with van der Waals surface area (Å²) in [6, 6.07) is 3.07. The lowest BCUT2D eigenvalue weighted by Gasteiger charge is -2.11. The van der Waals surface area contributed by atoms with Gasteiger partial charge in [-0.15, -0.1) is 0 Å². The lowest BCUT2D eigenvalue weighted by Crippen LogP contribution is -2.47. The van der Waals surface area contributed by atoms with Gasteiger partial charge in [-0.05, 0) is 25.8 Å². The number of rotatable bonds is 4. The van der Waals surface area contributed by atoms with E-state index in [-0.39, 0.29) is 17.7 Å². The van der Waals surface area contributed by atoms with Crippen LogP contribution in [0, 0.1) is 0 Å². The zero-order valence-corrected chi connectivity index (χ0v) is 11.5. The van der Waals surface area contributed by atoms with Crippen molar-refractivity contribution in [1.29, 1.82) is 0 Å². The van der Waals surface area contributed by atoms with Crippen LogP contribution in [-0.2, 0) is 9.53 Å². The van der Waals surface area contributed by atoms with Crippen molar-refractivity contribution in [3.05, 3.63) is 24.0 Å². The van der Waals surface area contributed by atoms with Crippen molar-refractivity contribution in [3.63, 3.8) is 0 Å². The molecule has 1 aromatic rings. The maximum Gasteiger partial charge on any atom is 0.321 e. The zero-order chi connectivity index (χ0) is 14.7. The first-order chi connectivity index (χ1) is 9.51. The second kappa shape index (κ2) is 5.87. The maximum absolute atomic E-state index is 12.0. The Balaban J connectivity index is 2.10. The predicted molar refractivity (Wildman–Crippen MR) is 69.9 cm³/mol. The average Bonchev–Trinajstić information content (AvgIpc) is 2.85. The van der Waals surface area contributed by atoms with Gasteiger partial charge in [0.05, 0.1) is 6.10 Å². The van der Waals surface area contributed by atoms with Crippen LogP contribution in [0.25, 0.3) is 0 Å². The Morgan fingerprint density at radius 3 is 2.75 bits per heavy atom. The summed E-state index contributed by atoms with van der Waals surface area (Å²) < 4.78 is 6.69. The van der Waals surface area contributed by atoms with Gasteiger partial charge in [0.15, 0.2) is 0 Å². The van der Waals surface area contributed by atoms with Crippen molar-refractivity contribution in [1.82, 2.24) is 0 Å². The highest BCUT2D eigenvalue weighted by Gasteiger charge is 2.29. The van der Waals surface area contributed by atoms with Gasteiger partial charge in [0, 0.05) is 10.8 Å². The molecule has 0 spiro atoms. The Bertz CT molecular complexity index is 532. The predicted octanol–water partition coefficient (Wildman–Crippen LogP) is -0.363. The van der Waals surface area contributed by atoms with Crippen LogP contribution >= 0.6 is 0 Å². The van der Waals surface area contributed by atoms with Crippen molar-refractivity contribution >= 4 is 17.5 Å². The van der Waals surface area contributed by atoms with Gasteiger partial charge in [0.25, 0.3) is 5.91 Å². The van der Waals surface area contributed by atoms with Crippen LogP contribution < -0.4 is 20.6 Å². The first kappa shape index (κ1) is 14.3. The molecular weight excluding hydrogens is 262 g/mol. The largest absolute Gasteiger partial charge is 0.365 e. The van der Waals surface area contributed by atoms with Crippen LogP contribution in [0.3, 0.4) is 0 Å². The van der Waals surface area contributed by atoms with E-state index in [9.17, 15) is 9.59 Å². The number of nitrogens with one attached hydrogen (secondary N) is 1. The molecule has 0 saturated carbocycles. The molecule has 1 unspecified atom stereocenters. The Labute approximate surface area is 116 Å². The first-order valence-corrected chi connectivity index (χ1v) is 6.37. The summed E-state index contributed by atoms with van der Waals surface area (Å²) in [5.74, 6) is -0.818. The molecule has 2 rings (SSSR count). The van der Waals surface area contributed by atoms with Gasteiger partial charge in [-0.3, -0.25) is 14.4 Å². The number of hydrogen-bond donors (Lipinski definition) is 2. The number of ether oxygens (including phenoxy) is 1. The molecule has 1 aliphatic rings. The van der Waals surface area contributed by atoms with Gasteiger partial charge in [-0.2, -0.15) is 0 Å². The van der Waals surface area contributed by atoms with Crippen molar-refractivity contribution in [3.8, 4) is 0 Å². The van der Waals surface area contributed by atoms with E-state index in [0.717, 1.165) is 6.42 Å². The van der Waals surface area contributed by atoms with E-state index in [1.807, 2.05) is 6.92 Å². The van der Waals surface area contributed by atoms with Crippen LogP contribution in [0.5, 0.6) is 0 Å². The van der Waals surface area contributed by atoms with Crippen molar-refractivity contribution in [2.24, 2.45) is 5.73 Å². The fourth-order valence-corrected chi connectivity index (χ4v) is 2.12. The molecule has 3 N–H and O–H groups in total. The third-order valence-corrected chi connectivity index (χ3v) is 3.16. The second-order valence-corrected chi connectivity index (χ2v) is 4.68. The fraction of sp³-hybridized carbons (Fsp3) is 0.462. The van der Waals surface area contributed by atoms with Crippen LogP contribution in [0.15, 0.2) is 18.3 Å². The molecule has 1 fully saturated rings. The van der Waals surface area contributed by atoms with Gasteiger partial charge >= 0.3 is 11.6 Å². The van der Waals surface area contributed by atoms with Crippen LogP contribution in [0.1, 0.15) is 30.3 Å². The fourth-order valence-electron chi connectivity index (χ4n) is 2.12.